The first-order valence-corrected chi connectivity index (χ1v) is 9.08. The van der Waals surface area contributed by atoms with E-state index in [1.54, 1.807) is 0 Å². The van der Waals surface area contributed by atoms with E-state index in [9.17, 15) is 25.0 Å². The van der Waals surface area contributed by atoms with Crippen LogP contribution in [-0.2, 0) is 12.8 Å². The van der Waals surface area contributed by atoms with Gasteiger partial charge in [-0.1, -0.05) is 24.3 Å². The normalized spacial score (nSPS) is 12.0. The zero-order chi connectivity index (χ0) is 19.8. The molecule has 1 aliphatic rings. The van der Waals surface area contributed by atoms with Gasteiger partial charge in [0, 0.05) is 16.5 Å². The summed E-state index contributed by atoms with van der Waals surface area (Å²) in [6, 6.07) is 10.8. The fourth-order valence-electron chi connectivity index (χ4n) is 3.14. The van der Waals surface area contributed by atoms with E-state index in [0.29, 0.717) is 5.13 Å². The molecule has 4 rings (SSSR count). The summed E-state index contributed by atoms with van der Waals surface area (Å²) in [4.78, 5) is 38.6. The Hall–Kier alpha value is -3.66. The Balaban J connectivity index is 1.65. The number of aromatic nitrogens is 1. The van der Waals surface area contributed by atoms with Crippen LogP contribution in [0.4, 0.5) is 16.5 Å². The van der Waals surface area contributed by atoms with Gasteiger partial charge in [-0.05, 0) is 24.5 Å². The molecule has 0 bridgehead atoms. The molecule has 2 aromatic carbocycles. The molecule has 1 amide bonds. The van der Waals surface area contributed by atoms with Gasteiger partial charge in [-0.25, -0.2) is 4.98 Å². The lowest BCUT2D eigenvalue weighted by Gasteiger charge is -2.13. The first-order valence-electron chi connectivity index (χ1n) is 8.26. The molecule has 140 valence electrons. The van der Waals surface area contributed by atoms with Crippen LogP contribution in [0.1, 0.15) is 20.8 Å². The van der Waals surface area contributed by atoms with Crippen LogP contribution in [0.2, 0.25) is 0 Å². The van der Waals surface area contributed by atoms with Crippen LogP contribution in [0.25, 0.3) is 11.3 Å². The number of non-ortho nitro benzene ring substituents is 1. The number of anilines is 1. The summed E-state index contributed by atoms with van der Waals surface area (Å²) >= 11 is 1.32. The number of carbonyl (C=O) groups is 1. The van der Waals surface area contributed by atoms with Crippen LogP contribution in [0.5, 0.6) is 0 Å². The van der Waals surface area contributed by atoms with Crippen molar-refractivity contribution in [3.63, 3.8) is 0 Å². The summed E-state index contributed by atoms with van der Waals surface area (Å²) in [6.45, 7) is 0. The van der Waals surface area contributed by atoms with Crippen LogP contribution in [0.15, 0.2) is 42.5 Å². The Morgan fingerprint density at radius 1 is 1.07 bits per heavy atom. The smallest absolute Gasteiger partial charge is 0.289 e. The van der Waals surface area contributed by atoms with E-state index in [2.05, 4.69) is 10.3 Å². The van der Waals surface area contributed by atoms with Crippen LogP contribution in [-0.4, -0.2) is 20.7 Å². The number of fused-ring (bicyclic) bond motifs is 3. The number of thiazole rings is 1. The Bertz CT molecular complexity index is 1140. The number of benzene rings is 2. The molecule has 10 heteroatoms. The SMILES string of the molecule is O=C(Nc1nc2c(s1)CCc1ccccc1-2)c1ccc([N+](=O)[O-])cc1[N+](=O)[O-]. The fraction of sp³-hybridized carbons (Fsp3) is 0.111. The third-order valence-corrected chi connectivity index (χ3v) is 5.48. The fourth-order valence-corrected chi connectivity index (χ4v) is 4.11. The summed E-state index contributed by atoms with van der Waals surface area (Å²) in [6.07, 6.45) is 1.68. The Kier molecular flexibility index (Phi) is 4.32. The van der Waals surface area contributed by atoms with Gasteiger partial charge in [0.15, 0.2) is 5.13 Å². The zero-order valence-corrected chi connectivity index (χ0v) is 15.1. The van der Waals surface area contributed by atoms with Gasteiger partial charge < -0.3 is 0 Å². The Morgan fingerprint density at radius 2 is 1.86 bits per heavy atom. The highest BCUT2D eigenvalue weighted by Gasteiger charge is 2.26. The van der Waals surface area contributed by atoms with E-state index < -0.39 is 27.1 Å². The minimum absolute atomic E-state index is 0.260. The molecule has 0 atom stereocenters. The average molecular weight is 396 g/mol. The lowest BCUT2D eigenvalue weighted by molar-refractivity contribution is -0.394. The summed E-state index contributed by atoms with van der Waals surface area (Å²) in [5, 5.41) is 25.0. The van der Waals surface area contributed by atoms with Crippen molar-refractivity contribution in [2.75, 3.05) is 5.32 Å². The topological polar surface area (TPSA) is 128 Å². The molecule has 1 heterocycles. The van der Waals surface area contributed by atoms with E-state index in [-0.39, 0.29) is 5.56 Å². The second kappa shape index (κ2) is 6.82. The van der Waals surface area contributed by atoms with Crippen LogP contribution in [0, 0.1) is 20.2 Å². The van der Waals surface area contributed by atoms with E-state index in [0.717, 1.165) is 47.2 Å². The largest absolute Gasteiger partial charge is 0.298 e. The van der Waals surface area contributed by atoms with Gasteiger partial charge >= 0.3 is 0 Å². The van der Waals surface area contributed by atoms with Gasteiger partial charge in [-0.3, -0.25) is 30.3 Å². The van der Waals surface area contributed by atoms with Gasteiger partial charge in [0.25, 0.3) is 17.3 Å². The van der Waals surface area contributed by atoms with E-state index in [4.69, 9.17) is 0 Å². The predicted octanol–water partition coefficient (Wildman–Crippen LogP) is 3.98. The molecule has 0 radical (unpaired) electrons. The molecule has 1 N–H and O–H groups in total. The van der Waals surface area contributed by atoms with Gasteiger partial charge in [-0.2, -0.15) is 0 Å². The number of aryl methyl sites for hydroxylation is 2. The molecule has 0 unspecified atom stereocenters. The molecule has 28 heavy (non-hydrogen) atoms. The van der Waals surface area contributed by atoms with Crippen molar-refractivity contribution in [1.29, 1.82) is 0 Å². The van der Waals surface area contributed by atoms with Gasteiger partial charge in [-0.15, -0.1) is 11.3 Å². The number of nitro groups is 2. The van der Waals surface area contributed by atoms with Crippen molar-refractivity contribution in [3.05, 3.63) is 78.7 Å². The van der Waals surface area contributed by atoms with Crippen molar-refractivity contribution in [2.45, 2.75) is 12.8 Å². The van der Waals surface area contributed by atoms with Crippen LogP contribution >= 0.6 is 11.3 Å². The quantitative estimate of drug-likeness (QED) is 0.525. The predicted molar refractivity (Wildman–Crippen MR) is 103 cm³/mol. The minimum Gasteiger partial charge on any atom is -0.298 e. The number of rotatable bonds is 4. The highest BCUT2D eigenvalue weighted by atomic mass is 32.1. The molecule has 0 fully saturated rings. The van der Waals surface area contributed by atoms with Crippen molar-refractivity contribution < 1.29 is 14.6 Å². The maximum atomic E-state index is 12.6. The van der Waals surface area contributed by atoms with Crippen molar-refractivity contribution in [2.24, 2.45) is 0 Å². The van der Waals surface area contributed by atoms with Crippen LogP contribution in [0.3, 0.4) is 0 Å². The number of nitro benzene ring substituents is 2. The standard InChI is InChI=1S/C18H12N4O5S/c23-17(13-7-6-11(21(24)25)9-14(13)22(26)27)20-18-19-16-12-4-2-1-3-10(12)5-8-15(16)28-18/h1-4,6-7,9H,5,8H2,(H,19,20,23). The third-order valence-electron chi connectivity index (χ3n) is 4.45. The second-order valence-electron chi connectivity index (χ2n) is 6.12. The highest BCUT2D eigenvalue weighted by Crippen LogP contribution is 2.38. The maximum Gasteiger partial charge on any atom is 0.289 e. The Morgan fingerprint density at radius 3 is 2.61 bits per heavy atom. The molecular weight excluding hydrogens is 384 g/mol. The third kappa shape index (κ3) is 3.09. The number of amides is 1. The molecule has 0 saturated heterocycles. The second-order valence-corrected chi connectivity index (χ2v) is 7.20. The molecular formula is C18H12N4O5S. The van der Waals surface area contributed by atoms with Gasteiger partial charge in [0.05, 0.1) is 21.6 Å². The van der Waals surface area contributed by atoms with E-state index in [1.165, 1.54) is 16.9 Å². The lowest BCUT2D eigenvalue weighted by Crippen LogP contribution is -2.14. The van der Waals surface area contributed by atoms with Gasteiger partial charge in [0.1, 0.15) is 5.56 Å². The molecule has 1 aliphatic carbocycles. The number of hydrogen-bond acceptors (Lipinski definition) is 7. The highest BCUT2D eigenvalue weighted by molar-refractivity contribution is 7.16. The number of nitrogens with one attached hydrogen (secondary N) is 1. The molecule has 3 aromatic rings. The van der Waals surface area contributed by atoms with Crippen molar-refractivity contribution in [1.82, 2.24) is 4.98 Å². The summed E-state index contributed by atoms with van der Waals surface area (Å²) < 4.78 is 0. The average Bonchev–Trinajstić information content (AvgIpc) is 3.10. The molecule has 0 aliphatic heterocycles. The van der Waals surface area contributed by atoms with E-state index in [1.807, 2.05) is 24.3 Å². The molecule has 9 nitrogen and oxygen atoms in total. The molecule has 0 spiro atoms. The number of hydrogen-bond donors (Lipinski definition) is 1. The van der Waals surface area contributed by atoms with Crippen molar-refractivity contribution >= 4 is 33.8 Å². The van der Waals surface area contributed by atoms with Gasteiger partial charge in [0.2, 0.25) is 0 Å². The summed E-state index contributed by atoms with van der Waals surface area (Å²) in [5.74, 6) is -0.735. The molecule has 1 aromatic heterocycles. The molecule has 0 saturated carbocycles. The number of nitrogens with zero attached hydrogens (tertiary/aromatic N) is 3. The monoisotopic (exact) mass is 396 g/mol. The minimum atomic E-state index is -0.814. The first kappa shape index (κ1) is 17.7. The summed E-state index contributed by atoms with van der Waals surface area (Å²) in [5.41, 5.74) is 1.67. The lowest BCUT2D eigenvalue weighted by atomic mass is 9.94. The van der Waals surface area contributed by atoms with Crippen molar-refractivity contribution in [3.8, 4) is 11.3 Å². The zero-order valence-electron chi connectivity index (χ0n) is 14.2. The summed E-state index contributed by atoms with van der Waals surface area (Å²) in [7, 11) is 0. The van der Waals surface area contributed by atoms with Crippen LogP contribution < -0.4 is 5.32 Å². The maximum absolute atomic E-state index is 12.6. The Labute approximate surface area is 162 Å². The number of carbonyl (C=O) groups excluding carboxylic acids is 1. The first-order chi connectivity index (χ1) is 13.4. The van der Waals surface area contributed by atoms with E-state index >= 15 is 0 Å².